The van der Waals surface area contributed by atoms with Crippen LogP contribution in [0.2, 0.25) is 0 Å². The van der Waals surface area contributed by atoms with Crippen LogP contribution in [0, 0.1) is 0 Å². The molecule has 0 saturated heterocycles. The van der Waals surface area contributed by atoms with Gasteiger partial charge in [-0.05, 0) is 12.1 Å². The van der Waals surface area contributed by atoms with Gasteiger partial charge in [0.15, 0.2) is 0 Å². The summed E-state index contributed by atoms with van der Waals surface area (Å²) >= 11 is 0. The van der Waals surface area contributed by atoms with Crippen molar-refractivity contribution in [3.8, 4) is 0 Å². The molecule has 1 radical (unpaired) electrons. The van der Waals surface area contributed by atoms with Gasteiger partial charge in [0.25, 0.3) is 0 Å². The highest BCUT2D eigenvalue weighted by Gasteiger charge is 2.12. The summed E-state index contributed by atoms with van der Waals surface area (Å²) in [5.74, 6) is 0. The summed E-state index contributed by atoms with van der Waals surface area (Å²) < 4.78 is 1.79. The molecular formula is C8H5N4. The quantitative estimate of drug-likeness (QED) is 0.560. The SMILES string of the molecule is C1=N[N]c2c1cnn1cccc21. The van der Waals surface area contributed by atoms with Gasteiger partial charge in [0.2, 0.25) is 0 Å². The van der Waals surface area contributed by atoms with Gasteiger partial charge in [-0.3, -0.25) is 0 Å². The van der Waals surface area contributed by atoms with Gasteiger partial charge in [0.1, 0.15) is 5.69 Å². The monoisotopic (exact) mass is 157 g/mol. The summed E-state index contributed by atoms with van der Waals surface area (Å²) in [6, 6.07) is 3.92. The van der Waals surface area contributed by atoms with E-state index in [4.69, 9.17) is 0 Å². The summed E-state index contributed by atoms with van der Waals surface area (Å²) in [6.45, 7) is 0. The van der Waals surface area contributed by atoms with Crippen LogP contribution in [0.15, 0.2) is 29.6 Å². The highest BCUT2D eigenvalue weighted by molar-refractivity contribution is 5.94. The molecule has 3 rings (SSSR count). The average Bonchev–Trinajstić information content (AvgIpc) is 2.71. The second-order valence-corrected chi connectivity index (χ2v) is 2.63. The molecule has 1 aliphatic rings. The molecular weight excluding hydrogens is 152 g/mol. The maximum atomic E-state index is 4.18. The van der Waals surface area contributed by atoms with E-state index < -0.39 is 0 Å². The molecule has 0 amide bonds. The topological polar surface area (TPSA) is 43.8 Å². The van der Waals surface area contributed by atoms with Crippen LogP contribution in [0.3, 0.4) is 0 Å². The van der Waals surface area contributed by atoms with Crippen molar-refractivity contribution in [3.63, 3.8) is 0 Å². The molecule has 1 aliphatic heterocycles. The lowest BCUT2D eigenvalue weighted by Gasteiger charge is -1.97. The lowest BCUT2D eigenvalue weighted by molar-refractivity contribution is 0.917. The first-order chi connectivity index (χ1) is 5.95. The van der Waals surface area contributed by atoms with E-state index >= 15 is 0 Å². The summed E-state index contributed by atoms with van der Waals surface area (Å²) in [4.78, 5) is 0. The Morgan fingerprint density at radius 3 is 3.33 bits per heavy atom. The highest BCUT2D eigenvalue weighted by atomic mass is 15.3. The normalized spacial score (nSPS) is 13.3. The van der Waals surface area contributed by atoms with Crippen LogP contribution in [0.1, 0.15) is 5.56 Å². The summed E-state index contributed by atoms with van der Waals surface area (Å²) in [5.41, 5.74) is 6.91. The van der Waals surface area contributed by atoms with Gasteiger partial charge in [-0.2, -0.15) is 10.2 Å². The fraction of sp³-hybridized carbons (Fsp3) is 0. The van der Waals surface area contributed by atoms with E-state index in [-0.39, 0.29) is 0 Å². The van der Waals surface area contributed by atoms with Crippen molar-refractivity contribution in [2.75, 3.05) is 0 Å². The number of hydrogen-bond acceptors (Lipinski definition) is 2. The zero-order valence-electron chi connectivity index (χ0n) is 6.18. The molecule has 0 spiro atoms. The summed E-state index contributed by atoms with van der Waals surface area (Å²) in [5, 5.41) is 8.01. The van der Waals surface area contributed by atoms with Crippen LogP contribution in [0.4, 0.5) is 5.69 Å². The van der Waals surface area contributed by atoms with Crippen LogP contribution < -0.4 is 5.43 Å². The van der Waals surface area contributed by atoms with Crippen molar-refractivity contribution in [1.29, 1.82) is 0 Å². The van der Waals surface area contributed by atoms with E-state index in [0.717, 1.165) is 16.8 Å². The van der Waals surface area contributed by atoms with Gasteiger partial charge in [-0.1, -0.05) is 0 Å². The molecule has 0 aromatic carbocycles. The number of fused-ring (bicyclic) bond motifs is 3. The van der Waals surface area contributed by atoms with E-state index in [0.29, 0.717) is 0 Å². The molecule has 0 N–H and O–H groups in total. The van der Waals surface area contributed by atoms with Crippen molar-refractivity contribution in [2.45, 2.75) is 0 Å². The standard InChI is InChI=1S/C8H5N4/c1-2-7-8-6(4-9-11-8)5-10-12(7)3-1/h1-5H. The predicted molar refractivity (Wildman–Crippen MR) is 44.6 cm³/mol. The molecule has 0 atom stereocenters. The van der Waals surface area contributed by atoms with Crippen LogP contribution in [0.25, 0.3) is 5.52 Å². The first-order valence-electron chi connectivity index (χ1n) is 3.65. The van der Waals surface area contributed by atoms with E-state index in [1.165, 1.54) is 0 Å². The molecule has 4 nitrogen and oxygen atoms in total. The van der Waals surface area contributed by atoms with Crippen molar-refractivity contribution >= 4 is 17.4 Å². The molecule has 0 saturated carbocycles. The van der Waals surface area contributed by atoms with Crippen LogP contribution in [-0.2, 0) is 0 Å². The molecule has 12 heavy (non-hydrogen) atoms. The Morgan fingerprint density at radius 2 is 2.33 bits per heavy atom. The maximum Gasteiger partial charge on any atom is 0.122 e. The Balaban J connectivity index is 2.49. The van der Waals surface area contributed by atoms with E-state index in [1.54, 1.807) is 16.9 Å². The lowest BCUT2D eigenvalue weighted by Crippen LogP contribution is -1.93. The van der Waals surface area contributed by atoms with Gasteiger partial charge >= 0.3 is 0 Å². The van der Waals surface area contributed by atoms with Gasteiger partial charge in [-0.15, -0.1) is 5.43 Å². The summed E-state index contributed by atoms with van der Waals surface area (Å²) in [7, 11) is 0. The first kappa shape index (κ1) is 5.77. The molecule has 0 aliphatic carbocycles. The zero-order valence-corrected chi connectivity index (χ0v) is 6.18. The van der Waals surface area contributed by atoms with Crippen molar-refractivity contribution in [3.05, 3.63) is 30.1 Å². The number of aromatic nitrogens is 2. The second kappa shape index (κ2) is 1.85. The number of hydrogen-bond donors (Lipinski definition) is 0. The highest BCUT2D eigenvalue weighted by Crippen LogP contribution is 2.23. The third kappa shape index (κ3) is 0.567. The van der Waals surface area contributed by atoms with Gasteiger partial charge in [0, 0.05) is 11.8 Å². The Morgan fingerprint density at radius 1 is 1.33 bits per heavy atom. The third-order valence-corrected chi connectivity index (χ3v) is 1.92. The Labute approximate surface area is 68.5 Å². The lowest BCUT2D eigenvalue weighted by atomic mass is 10.2. The first-order valence-corrected chi connectivity index (χ1v) is 3.65. The van der Waals surface area contributed by atoms with Crippen molar-refractivity contribution < 1.29 is 0 Å². The largest absolute Gasteiger partial charge is 0.239 e. The summed E-state index contributed by atoms with van der Waals surface area (Å²) in [6.07, 6.45) is 5.38. The smallest absolute Gasteiger partial charge is 0.122 e. The second-order valence-electron chi connectivity index (χ2n) is 2.63. The number of rotatable bonds is 0. The molecule has 0 bridgehead atoms. The molecule has 0 unspecified atom stereocenters. The Hall–Kier alpha value is -1.84. The maximum absolute atomic E-state index is 4.18. The van der Waals surface area contributed by atoms with Gasteiger partial charge in [0.05, 0.1) is 17.9 Å². The molecule has 4 heteroatoms. The van der Waals surface area contributed by atoms with Crippen molar-refractivity contribution in [1.82, 2.24) is 15.0 Å². The Kier molecular flexibility index (Phi) is 0.889. The van der Waals surface area contributed by atoms with Crippen molar-refractivity contribution in [2.24, 2.45) is 5.10 Å². The predicted octanol–water partition coefficient (Wildman–Crippen LogP) is 0.918. The molecule has 3 heterocycles. The van der Waals surface area contributed by atoms with E-state index in [1.807, 2.05) is 18.3 Å². The Bertz CT molecular complexity index is 469. The molecule has 0 fully saturated rings. The molecule has 2 aromatic heterocycles. The van der Waals surface area contributed by atoms with Crippen LogP contribution in [0.5, 0.6) is 0 Å². The minimum atomic E-state index is 0.912. The molecule has 2 aromatic rings. The van der Waals surface area contributed by atoms with Gasteiger partial charge in [-0.25, -0.2) is 4.52 Å². The fourth-order valence-electron chi connectivity index (χ4n) is 1.35. The number of nitrogens with zero attached hydrogens (tertiary/aromatic N) is 4. The van der Waals surface area contributed by atoms with E-state index in [9.17, 15) is 0 Å². The van der Waals surface area contributed by atoms with Crippen LogP contribution >= 0.6 is 0 Å². The third-order valence-electron chi connectivity index (χ3n) is 1.92. The minimum Gasteiger partial charge on any atom is -0.239 e. The average molecular weight is 157 g/mol. The van der Waals surface area contributed by atoms with Gasteiger partial charge < -0.3 is 0 Å². The van der Waals surface area contributed by atoms with E-state index in [2.05, 4.69) is 15.6 Å². The zero-order chi connectivity index (χ0) is 7.97. The minimum absolute atomic E-state index is 0.912. The fourth-order valence-corrected chi connectivity index (χ4v) is 1.35. The molecule has 57 valence electrons. The van der Waals surface area contributed by atoms with Crippen LogP contribution in [-0.4, -0.2) is 15.8 Å².